The molecule has 0 spiro atoms. The molecule has 4 heteroatoms. The molecule has 1 aromatic carbocycles. The SMILES string of the molecule is COc1cc(CCC(C)C(=O)O)c(C)cc1O. The summed E-state index contributed by atoms with van der Waals surface area (Å²) in [6.45, 7) is 3.58. The van der Waals surface area contributed by atoms with E-state index in [2.05, 4.69) is 0 Å². The van der Waals surface area contributed by atoms with Crippen LogP contribution in [0, 0.1) is 12.8 Å². The normalized spacial score (nSPS) is 12.2. The predicted molar refractivity (Wildman–Crippen MR) is 64.5 cm³/mol. The van der Waals surface area contributed by atoms with Gasteiger partial charge in [0.05, 0.1) is 13.0 Å². The monoisotopic (exact) mass is 238 g/mol. The second-order valence-corrected chi connectivity index (χ2v) is 4.23. The van der Waals surface area contributed by atoms with E-state index in [0.29, 0.717) is 18.6 Å². The van der Waals surface area contributed by atoms with Crippen LogP contribution < -0.4 is 4.74 Å². The second-order valence-electron chi connectivity index (χ2n) is 4.23. The summed E-state index contributed by atoms with van der Waals surface area (Å²) in [7, 11) is 1.49. The smallest absolute Gasteiger partial charge is 0.306 e. The van der Waals surface area contributed by atoms with Gasteiger partial charge in [-0.05, 0) is 43.0 Å². The Hall–Kier alpha value is -1.71. The third kappa shape index (κ3) is 3.37. The maximum absolute atomic E-state index is 10.7. The lowest BCUT2D eigenvalue weighted by Crippen LogP contribution is -2.10. The van der Waals surface area contributed by atoms with E-state index < -0.39 is 5.97 Å². The quantitative estimate of drug-likeness (QED) is 0.826. The van der Waals surface area contributed by atoms with Crippen LogP contribution in [0.2, 0.25) is 0 Å². The first-order valence-electron chi connectivity index (χ1n) is 5.55. The minimum absolute atomic E-state index is 0.111. The molecule has 0 saturated heterocycles. The molecule has 0 saturated carbocycles. The van der Waals surface area contributed by atoms with Crippen molar-refractivity contribution in [1.82, 2.24) is 0 Å². The zero-order valence-corrected chi connectivity index (χ0v) is 10.4. The van der Waals surface area contributed by atoms with Crippen LogP contribution in [0.1, 0.15) is 24.5 Å². The van der Waals surface area contributed by atoms with Gasteiger partial charge in [-0.3, -0.25) is 4.79 Å². The lowest BCUT2D eigenvalue weighted by Gasteiger charge is -2.11. The Labute approximate surface area is 101 Å². The molecule has 0 fully saturated rings. The Bertz CT molecular complexity index is 412. The van der Waals surface area contributed by atoms with Gasteiger partial charge in [0.1, 0.15) is 0 Å². The second kappa shape index (κ2) is 5.57. The summed E-state index contributed by atoms with van der Waals surface area (Å²) in [5, 5.41) is 18.4. The van der Waals surface area contributed by atoms with Crippen molar-refractivity contribution >= 4 is 5.97 Å². The van der Waals surface area contributed by atoms with Gasteiger partial charge in [-0.15, -0.1) is 0 Å². The number of benzene rings is 1. The highest BCUT2D eigenvalue weighted by Crippen LogP contribution is 2.30. The fraction of sp³-hybridized carbons (Fsp3) is 0.462. The summed E-state index contributed by atoms with van der Waals surface area (Å²) in [5.41, 5.74) is 1.95. The molecule has 0 aliphatic carbocycles. The first kappa shape index (κ1) is 13.4. The molecule has 0 aliphatic rings. The number of phenolic OH excluding ortho intramolecular Hbond substituents is 1. The van der Waals surface area contributed by atoms with Crippen molar-refractivity contribution in [2.75, 3.05) is 7.11 Å². The highest BCUT2D eigenvalue weighted by atomic mass is 16.5. The first-order chi connectivity index (χ1) is 7.95. The summed E-state index contributed by atoms with van der Waals surface area (Å²) in [4.78, 5) is 10.7. The summed E-state index contributed by atoms with van der Waals surface area (Å²) in [5.74, 6) is -0.615. The van der Waals surface area contributed by atoms with Crippen molar-refractivity contribution in [3.63, 3.8) is 0 Å². The molecular formula is C13H18O4. The zero-order chi connectivity index (χ0) is 13.0. The lowest BCUT2D eigenvalue weighted by atomic mass is 9.97. The number of rotatable bonds is 5. The molecular weight excluding hydrogens is 220 g/mol. The van der Waals surface area contributed by atoms with Crippen LogP contribution >= 0.6 is 0 Å². The van der Waals surface area contributed by atoms with Crippen LogP contribution in [0.5, 0.6) is 11.5 Å². The third-order valence-electron chi connectivity index (χ3n) is 2.91. The van der Waals surface area contributed by atoms with E-state index in [9.17, 15) is 9.90 Å². The van der Waals surface area contributed by atoms with Crippen LogP contribution in [-0.2, 0) is 11.2 Å². The Kier molecular flexibility index (Phi) is 4.37. The van der Waals surface area contributed by atoms with Gasteiger partial charge < -0.3 is 14.9 Å². The van der Waals surface area contributed by atoms with Crippen molar-refractivity contribution in [2.45, 2.75) is 26.7 Å². The molecule has 2 N–H and O–H groups in total. The fourth-order valence-corrected chi connectivity index (χ4v) is 1.64. The minimum Gasteiger partial charge on any atom is -0.504 e. The number of ether oxygens (including phenoxy) is 1. The van der Waals surface area contributed by atoms with E-state index in [1.54, 1.807) is 19.1 Å². The molecule has 4 nitrogen and oxygen atoms in total. The van der Waals surface area contributed by atoms with Gasteiger partial charge in [0.2, 0.25) is 0 Å². The highest BCUT2D eigenvalue weighted by Gasteiger charge is 2.13. The van der Waals surface area contributed by atoms with Crippen molar-refractivity contribution in [3.05, 3.63) is 23.3 Å². The van der Waals surface area contributed by atoms with Crippen molar-refractivity contribution in [2.24, 2.45) is 5.92 Å². The van der Waals surface area contributed by atoms with Crippen LogP contribution in [0.4, 0.5) is 0 Å². The number of aryl methyl sites for hydroxylation is 2. The highest BCUT2D eigenvalue weighted by molar-refractivity contribution is 5.69. The summed E-state index contributed by atoms with van der Waals surface area (Å²) in [6, 6.07) is 3.40. The van der Waals surface area contributed by atoms with Crippen LogP contribution in [0.15, 0.2) is 12.1 Å². The molecule has 0 bridgehead atoms. The molecule has 17 heavy (non-hydrogen) atoms. The molecule has 1 rings (SSSR count). The lowest BCUT2D eigenvalue weighted by molar-refractivity contribution is -0.141. The van der Waals surface area contributed by atoms with Gasteiger partial charge in [0, 0.05) is 0 Å². The van der Waals surface area contributed by atoms with E-state index in [1.807, 2.05) is 6.92 Å². The average molecular weight is 238 g/mol. The van der Waals surface area contributed by atoms with Crippen molar-refractivity contribution in [3.8, 4) is 11.5 Å². The first-order valence-corrected chi connectivity index (χ1v) is 5.55. The van der Waals surface area contributed by atoms with E-state index in [1.165, 1.54) is 7.11 Å². The number of aromatic hydroxyl groups is 1. The number of hydrogen-bond acceptors (Lipinski definition) is 3. The van der Waals surface area contributed by atoms with Gasteiger partial charge in [-0.2, -0.15) is 0 Å². The molecule has 0 amide bonds. The molecule has 0 heterocycles. The summed E-state index contributed by atoms with van der Waals surface area (Å²) >= 11 is 0. The minimum atomic E-state index is -0.784. The number of methoxy groups -OCH3 is 1. The van der Waals surface area contributed by atoms with Gasteiger partial charge in [0.15, 0.2) is 11.5 Å². The maximum atomic E-state index is 10.7. The van der Waals surface area contributed by atoms with E-state index in [4.69, 9.17) is 9.84 Å². The van der Waals surface area contributed by atoms with E-state index in [-0.39, 0.29) is 11.7 Å². The fourth-order valence-electron chi connectivity index (χ4n) is 1.64. The Morgan fingerprint density at radius 2 is 2.12 bits per heavy atom. The third-order valence-corrected chi connectivity index (χ3v) is 2.91. The number of phenols is 1. The zero-order valence-electron chi connectivity index (χ0n) is 10.4. The summed E-state index contributed by atoms with van der Waals surface area (Å²) < 4.78 is 5.03. The van der Waals surface area contributed by atoms with Crippen LogP contribution in [0.3, 0.4) is 0 Å². The number of carboxylic acids is 1. The van der Waals surface area contributed by atoms with Gasteiger partial charge in [-0.1, -0.05) is 6.92 Å². The van der Waals surface area contributed by atoms with Gasteiger partial charge >= 0.3 is 5.97 Å². The Balaban J connectivity index is 2.80. The van der Waals surface area contributed by atoms with E-state index >= 15 is 0 Å². The van der Waals surface area contributed by atoms with E-state index in [0.717, 1.165) is 11.1 Å². The maximum Gasteiger partial charge on any atom is 0.306 e. The molecule has 0 aromatic heterocycles. The Morgan fingerprint density at radius 1 is 1.47 bits per heavy atom. The van der Waals surface area contributed by atoms with Gasteiger partial charge in [-0.25, -0.2) is 0 Å². The van der Waals surface area contributed by atoms with Crippen LogP contribution in [0.25, 0.3) is 0 Å². The molecule has 0 aliphatic heterocycles. The topological polar surface area (TPSA) is 66.8 Å². The number of aliphatic carboxylic acids is 1. The molecule has 1 unspecified atom stereocenters. The predicted octanol–water partition coefficient (Wildman–Crippen LogP) is 2.36. The standard InChI is InChI=1S/C13H18O4/c1-8(13(15)16)4-5-10-7-12(17-3)11(14)6-9(10)2/h6-8,14H,4-5H2,1-3H3,(H,15,16). The largest absolute Gasteiger partial charge is 0.504 e. The van der Waals surface area contributed by atoms with Gasteiger partial charge in [0.25, 0.3) is 0 Å². The van der Waals surface area contributed by atoms with Crippen molar-refractivity contribution < 1.29 is 19.7 Å². The Morgan fingerprint density at radius 3 is 2.65 bits per heavy atom. The molecule has 94 valence electrons. The summed E-state index contributed by atoms with van der Waals surface area (Å²) in [6.07, 6.45) is 1.24. The number of hydrogen-bond donors (Lipinski definition) is 2. The van der Waals surface area contributed by atoms with Crippen molar-refractivity contribution in [1.29, 1.82) is 0 Å². The molecule has 1 aromatic rings. The average Bonchev–Trinajstić information content (AvgIpc) is 2.27. The number of carboxylic acid groups (broad SMARTS) is 1. The molecule has 0 radical (unpaired) electrons. The molecule has 1 atom stereocenters. The number of carbonyl (C=O) groups is 1. The van der Waals surface area contributed by atoms with Crippen LogP contribution in [-0.4, -0.2) is 23.3 Å².